The van der Waals surface area contributed by atoms with E-state index in [2.05, 4.69) is 5.32 Å². The molecule has 4 aromatic rings. The van der Waals surface area contributed by atoms with Crippen LogP contribution in [-0.4, -0.2) is 22.4 Å². The molecule has 2 aromatic carbocycles. The Kier molecular flexibility index (Phi) is 5.29. The molecular formula is C24H23N3O2. The second kappa shape index (κ2) is 8.19. The summed E-state index contributed by atoms with van der Waals surface area (Å²) in [5.74, 6) is 1.44. The summed E-state index contributed by atoms with van der Waals surface area (Å²) in [5, 5.41) is 3.09. The Balaban J connectivity index is 1.63. The van der Waals surface area contributed by atoms with Gasteiger partial charge >= 0.3 is 0 Å². The average molecular weight is 385 g/mol. The molecule has 2 heterocycles. The highest BCUT2D eigenvalue weighted by Gasteiger charge is 2.17. The van der Waals surface area contributed by atoms with Gasteiger partial charge in [-0.1, -0.05) is 54.6 Å². The highest BCUT2D eigenvalue weighted by atomic mass is 16.5. The number of hydrogen-bond donors (Lipinski definition) is 1. The zero-order chi connectivity index (χ0) is 20.2. The molecule has 146 valence electrons. The van der Waals surface area contributed by atoms with Crippen molar-refractivity contribution < 1.29 is 9.53 Å². The van der Waals surface area contributed by atoms with Crippen LogP contribution < -0.4 is 10.1 Å². The van der Waals surface area contributed by atoms with Crippen molar-refractivity contribution in [3.05, 3.63) is 84.1 Å². The lowest BCUT2D eigenvalue weighted by atomic mass is 10.1. The molecule has 0 spiro atoms. The summed E-state index contributed by atoms with van der Waals surface area (Å²) >= 11 is 0. The van der Waals surface area contributed by atoms with E-state index in [0.29, 0.717) is 18.7 Å². The first-order chi connectivity index (χ1) is 14.2. The highest BCUT2D eigenvalue weighted by Crippen LogP contribution is 2.30. The van der Waals surface area contributed by atoms with Gasteiger partial charge in [-0.3, -0.25) is 9.20 Å². The zero-order valence-corrected chi connectivity index (χ0v) is 16.6. The van der Waals surface area contributed by atoms with Gasteiger partial charge in [-0.05, 0) is 36.6 Å². The quantitative estimate of drug-likeness (QED) is 0.514. The fraction of sp³-hybridized carbons (Fsp3) is 0.167. The second-order valence-electron chi connectivity index (χ2n) is 6.92. The van der Waals surface area contributed by atoms with Crippen molar-refractivity contribution in [2.45, 2.75) is 19.8 Å². The molecule has 0 fully saturated rings. The average Bonchev–Trinajstić information content (AvgIpc) is 3.13. The molecule has 4 rings (SSSR count). The molecule has 0 aliphatic rings. The topological polar surface area (TPSA) is 55.6 Å². The maximum absolute atomic E-state index is 12.8. The summed E-state index contributed by atoms with van der Waals surface area (Å²) in [5.41, 5.74) is 4.65. The van der Waals surface area contributed by atoms with E-state index in [1.807, 2.05) is 84.3 Å². The Hall–Kier alpha value is -3.60. The summed E-state index contributed by atoms with van der Waals surface area (Å²) < 4.78 is 7.33. The minimum absolute atomic E-state index is 0.0589. The molecule has 2 aromatic heterocycles. The van der Waals surface area contributed by atoms with E-state index in [1.165, 1.54) is 0 Å². The number of fused-ring (bicyclic) bond motifs is 1. The molecule has 0 aliphatic carbocycles. The molecule has 0 unspecified atom stereocenters. The van der Waals surface area contributed by atoms with Gasteiger partial charge in [0.15, 0.2) is 0 Å². The Morgan fingerprint density at radius 2 is 1.79 bits per heavy atom. The number of carbonyl (C=O) groups excluding carboxylic acids is 1. The van der Waals surface area contributed by atoms with Crippen molar-refractivity contribution in [1.82, 2.24) is 9.38 Å². The summed E-state index contributed by atoms with van der Waals surface area (Å²) in [7, 11) is 1.64. The molecule has 1 N–H and O–H groups in total. The van der Waals surface area contributed by atoms with Crippen LogP contribution in [0.1, 0.15) is 17.5 Å². The van der Waals surface area contributed by atoms with Gasteiger partial charge in [0.05, 0.1) is 7.11 Å². The molecule has 0 saturated carbocycles. The largest absolute Gasteiger partial charge is 0.496 e. The number of aryl methyl sites for hydroxylation is 2. The lowest BCUT2D eigenvalue weighted by Gasteiger charge is -2.10. The van der Waals surface area contributed by atoms with Crippen molar-refractivity contribution >= 4 is 17.4 Å². The minimum atomic E-state index is -0.0589. The maximum atomic E-state index is 12.8. The van der Waals surface area contributed by atoms with Gasteiger partial charge in [-0.15, -0.1) is 0 Å². The van der Waals surface area contributed by atoms with Crippen molar-refractivity contribution in [1.29, 1.82) is 0 Å². The standard InChI is InChI=1S/C24H23N3O2/c1-17-9-8-16-27-23(17)26-22(19-11-4-3-5-12-19)24(27)25-21(28)15-14-18-10-6-7-13-20(18)29-2/h3-13,16H,14-15H2,1-2H3,(H,25,28). The zero-order valence-electron chi connectivity index (χ0n) is 16.6. The Labute approximate surface area is 170 Å². The fourth-order valence-corrected chi connectivity index (χ4v) is 3.47. The van der Waals surface area contributed by atoms with E-state index in [1.54, 1.807) is 7.11 Å². The van der Waals surface area contributed by atoms with E-state index in [9.17, 15) is 4.79 Å². The molecular weight excluding hydrogens is 362 g/mol. The van der Waals surface area contributed by atoms with Crippen LogP contribution in [0.15, 0.2) is 72.9 Å². The van der Waals surface area contributed by atoms with Gasteiger partial charge in [0.25, 0.3) is 0 Å². The first-order valence-corrected chi connectivity index (χ1v) is 9.62. The van der Waals surface area contributed by atoms with Crippen molar-refractivity contribution in [2.75, 3.05) is 12.4 Å². The molecule has 0 atom stereocenters. The number of methoxy groups -OCH3 is 1. The molecule has 1 amide bonds. The Morgan fingerprint density at radius 3 is 2.59 bits per heavy atom. The number of ether oxygens (including phenoxy) is 1. The van der Waals surface area contributed by atoms with Crippen molar-refractivity contribution in [3.63, 3.8) is 0 Å². The number of nitrogens with one attached hydrogen (secondary N) is 1. The predicted octanol–water partition coefficient (Wildman–Crippen LogP) is 4.89. The van der Waals surface area contributed by atoms with Crippen LogP contribution in [0.2, 0.25) is 0 Å². The molecule has 0 radical (unpaired) electrons. The number of carbonyl (C=O) groups is 1. The summed E-state index contributed by atoms with van der Waals surface area (Å²) in [6.45, 7) is 2.02. The van der Waals surface area contributed by atoms with E-state index >= 15 is 0 Å². The number of anilines is 1. The molecule has 5 nitrogen and oxygen atoms in total. The van der Waals surface area contributed by atoms with Crippen LogP contribution in [0.4, 0.5) is 5.82 Å². The summed E-state index contributed by atoms with van der Waals surface area (Å²) in [6.07, 6.45) is 2.89. The van der Waals surface area contributed by atoms with E-state index < -0.39 is 0 Å². The van der Waals surface area contributed by atoms with Gasteiger partial charge in [0.2, 0.25) is 5.91 Å². The van der Waals surface area contributed by atoms with Crippen molar-refractivity contribution in [3.8, 4) is 17.0 Å². The van der Waals surface area contributed by atoms with Crippen LogP contribution in [0.25, 0.3) is 16.9 Å². The van der Waals surface area contributed by atoms with Gasteiger partial charge < -0.3 is 10.1 Å². The lowest BCUT2D eigenvalue weighted by Crippen LogP contribution is -2.14. The molecule has 0 bridgehead atoms. The second-order valence-corrected chi connectivity index (χ2v) is 6.92. The molecule has 5 heteroatoms. The number of hydrogen-bond acceptors (Lipinski definition) is 3. The Bertz CT molecular complexity index is 1150. The third-order valence-electron chi connectivity index (χ3n) is 4.96. The predicted molar refractivity (Wildman–Crippen MR) is 115 cm³/mol. The normalized spacial score (nSPS) is 10.8. The number of nitrogens with zero attached hydrogens (tertiary/aromatic N) is 2. The number of amides is 1. The van der Waals surface area contributed by atoms with Crippen LogP contribution in [-0.2, 0) is 11.2 Å². The first-order valence-electron chi connectivity index (χ1n) is 9.62. The highest BCUT2D eigenvalue weighted by molar-refractivity contribution is 5.94. The number of para-hydroxylation sites is 1. The van der Waals surface area contributed by atoms with Gasteiger partial charge in [0, 0.05) is 18.2 Å². The lowest BCUT2D eigenvalue weighted by molar-refractivity contribution is -0.116. The Morgan fingerprint density at radius 1 is 1.03 bits per heavy atom. The number of aromatic nitrogens is 2. The van der Waals surface area contributed by atoms with Gasteiger partial charge in [0.1, 0.15) is 22.9 Å². The number of benzene rings is 2. The van der Waals surface area contributed by atoms with Crippen LogP contribution in [0.3, 0.4) is 0 Å². The van der Waals surface area contributed by atoms with Gasteiger partial charge in [-0.25, -0.2) is 4.98 Å². The van der Waals surface area contributed by atoms with Crippen molar-refractivity contribution in [2.24, 2.45) is 0 Å². The van der Waals surface area contributed by atoms with Crippen LogP contribution in [0.5, 0.6) is 5.75 Å². The molecule has 29 heavy (non-hydrogen) atoms. The van der Waals surface area contributed by atoms with E-state index in [0.717, 1.165) is 33.8 Å². The third kappa shape index (κ3) is 3.85. The SMILES string of the molecule is COc1ccccc1CCC(=O)Nc1c(-c2ccccc2)nc2c(C)cccn12. The summed E-state index contributed by atoms with van der Waals surface area (Å²) in [4.78, 5) is 17.6. The molecule has 0 aliphatic heterocycles. The van der Waals surface area contributed by atoms with Crippen LogP contribution in [0, 0.1) is 6.92 Å². The number of rotatable bonds is 6. The van der Waals surface area contributed by atoms with Crippen LogP contribution >= 0.6 is 0 Å². The van der Waals surface area contributed by atoms with Gasteiger partial charge in [-0.2, -0.15) is 0 Å². The minimum Gasteiger partial charge on any atom is -0.496 e. The summed E-state index contributed by atoms with van der Waals surface area (Å²) in [6, 6.07) is 21.7. The fourth-order valence-electron chi connectivity index (χ4n) is 3.47. The monoisotopic (exact) mass is 385 g/mol. The maximum Gasteiger partial charge on any atom is 0.225 e. The van der Waals surface area contributed by atoms with E-state index in [-0.39, 0.29) is 5.91 Å². The molecule has 0 saturated heterocycles. The first kappa shape index (κ1) is 18.7. The van der Waals surface area contributed by atoms with E-state index in [4.69, 9.17) is 9.72 Å². The smallest absolute Gasteiger partial charge is 0.225 e. The third-order valence-corrected chi connectivity index (χ3v) is 4.96. The number of pyridine rings is 1. The number of imidazole rings is 1.